The van der Waals surface area contributed by atoms with Gasteiger partial charge in [-0.15, -0.1) is 0 Å². The molecular weight excluding hydrogens is 1060 g/mol. The van der Waals surface area contributed by atoms with Gasteiger partial charge in [0.05, 0.1) is 30.8 Å². The lowest BCUT2D eigenvalue weighted by atomic mass is 9.91. The lowest BCUT2D eigenvalue weighted by Gasteiger charge is -2.34. The number of nitrogens with two attached hydrogens (primary N) is 1. The zero-order chi connectivity index (χ0) is 59.1. The standard InChI is InChI=1S/C50H81N8O20P/c1-5-25(2)20-26(3)12-10-8-6-7-9-11-13-37(65)52-31-22-35(63)46(70)56-48(72)41-33(61)18-19-57(41)50(74)39(34(62)23-36(51)64)54-47(71)40(43(67)42(66)28-14-16-30(17-15-28)78-79(75,76)77)55-45(69)32-21-29(60)24-58(32)49(73)38(27(4)59)53-44(31)68/h14-17,25-27,29,31-35,38-43,46,59-63,66-67,70H,5-13,18-24H2,1-4H3,(H2,51,64)(H,52,65)(H,53,68)(H,54,71)(H,55,69)(H,56,72)(H2,75,76,77)/t25?,26?,27?,29?,31-,32-,33?,34?,35?,38-,39-,40-,41-,42?,43?,46?/m0/s1. The average molecular weight is 1150 g/mol. The second-order valence-corrected chi connectivity index (χ2v) is 22.3. The van der Waals surface area contributed by atoms with Crippen LogP contribution in [-0.2, 0) is 42.9 Å². The van der Waals surface area contributed by atoms with Crippen molar-refractivity contribution in [1.29, 1.82) is 0 Å². The molecule has 0 spiro atoms. The van der Waals surface area contributed by atoms with Gasteiger partial charge in [-0.3, -0.25) is 48.1 Å². The third-order valence-corrected chi connectivity index (χ3v) is 15.0. The fourth-order valence-corrected chi connectivity index (χ4v) is 10.4. The van der Waals surface area contributed by atoms with Crippen molar-refractivity contribution in [3.8, 4) is 5.75 Å². The predicted molar refractivity (Wildman–Crippen MR) is 276 cm³/mol. The SMILES string of the molecule is CCC(C)CC(C)CCCCCCCCC(=O)N[C@H]1CC(O)C(O)NC(=O)[C@@H]2C(O)CCN2C(=O)[C@H](C(O)CC(N)=O)NC(=O)[C@H](C(O)C(O)c2ccc(OP(=O)(O)O)cc2)NC(=O)[C@@H]2CC(O)CN2C(=O)[C@H](C(C)O)NC1=O. The van der Waals surface area contributed by atoms with E-state index in [0.717, 1.165) is 69.7 Å². The number of rotatable bonds is 22. The van der Waals surface area contributed by atoms with E-state index in [1.165, 1.54) is 6.42 Å². The summed E-state index contributed by atoms with van der Waals surface area (Å²) in [6, 6.07) is -8.37. The van der Waals surface area contributed by atoms with Crippen molar-refractivity contribution in [3.05, 3.63) is 29.8 Å². The number of amides is 8. The van der Waals surface area contributed by atoms with Crippen LogP contribution in [0.15, 0.2) is 24.3 Å². The molecule has 0 aromatic heterocycles. The zero-order valence-electron chi connectivity index (χ0n) is 44.8. The summed E-state index contributed by atoms with van der Waals surface area (Å²) in [7, 11) is -5.07. The van der Waals surface area contributed by atoms with E-state index in [-0.39, 0.29) is 18.4 Å². The average Bonchev–Trinajstić information content (AvgIpc) is 4.08. The monoisotopic (exact) mass is 1140 g/mol. The van der Waals surface area contributed by atoms with Gasteiger partial charge in [-0.05, 0) is 55.7 Å². The van der Waals surface area contributed by atoms with Crippen LogP contribution in [0.1, 0.15) is 129 Å². The second-order valence-electron chi connectivity index (χ2n) is 21.1. The number of fused-ring (bicyclic) bond motifs is 2. The van der Waals surface area contributed by atoms with Crippen LogP contribution in [0, 0.1) is 11.8 Å². The summed E-state index contributed by atoms with van der Waals surface area (Å²) in [4.78, 5) is 131. The van der Waals surface area contributed by atoms with Crippen LogP contribution in [0.4, 0.5) is 0 Å². The molecule has 3 saturated heterocycles. The van der Waals surface area contributed by atoms with Gasteiger partial charge >= 0.3 is 7.82 Å². The molecule has 3 fully saturated rings. The van der Waals surface area contributed by atoms with Gasteiger partial charge in [0.25, 0.3) is 0 Å². The Bertz CT molecular complexity index is 2290. The quantitative estimate of drug-likeness (QED) is 0.0394. The van der Waals surface area contributed by atoms with Gasteiger partial charge in [-0.25, -0.2) is 4.57 Å². The van der Waals surface area contributed by atoms with Crippen molar-refractivity contribution in [2.75, 3.05) is 13.1 Å². The molecule has 1 aromatic carbocycles. The molecule has 0 aliphatic carbocycles. The Morgan fingerprint density at radius 1 is 0.747 bits per heavy atom. The highest BCUT2D eigenvalue weighted by atomic mass is 31.2. The van der Waals surface area contributed by atoms with Crippen LogP contribution in [0.3, 0.4) is 0 Å². The van der Waals surface area contributed by atoms with E-state index in [9.17, 15) is 93.6 Å². The van der Waals surface area contributed by atoms with E-state index in [4.69, 9.17) is 5.73 Å². The van der Waals surface area contributed by atoms with Crippen molar-refractivity contribution in [3.63, 3.8) is 0 Å². The van der Waals surface area contributed by atoms with Gasteiger partial charge in [0.2, 0.25) is 47.3 Å². The first-order valence-corrected chi connectivity index (χ1v) is 28.3. The molecule has 0 radical (unpaired) electrons. The molecule has 17 N–H and O–H groups in total. The molecule has 3 aliphatic heterocycles. The summed E-state index contributed by atoms with van der Waals surface area (Å²) in [5, 5.41) is 101. The van der Waals surface area contributed by atoms with Crippen LogP contribution in [-0.4, -0.2) is 200 Å². The minimum Gasteiger partial charge on any atom is -0.404 e. The van der Waals surface area contributed by atoms with Crippen molar-refractivity contribution >= 4 is 55.1 Å². The second kappa shape index (κ2) is 30.4. The third-order valence-electron chi connectivity index (χ3n) is 14.5. The van der Waals surface area contributed by atoms with Gasteiger partial charge in [0.1, 0.15) is 60.3 Å². The largest absolute Gasteiger partial charge is 0.524 e. The van der Waals surface area contributed by atoms with Crippen molar-refractivity contribution in [2.45, 2.75) is 203 Å². The first-order chi connectivity index (χ1) is 37.0. The molecule has 3 heterocycles. The highest BCUT2D eigenvalue weighted by Crippen LogP contribution is 2.38. The number of hydrogen-bond acceptors (Lipinski definition) is 18. The summed E-state index contributed by atoms with van der Waals surface area (Å²) < 4.78 is 15.9. The predicted octanol–water partition coefficient (Wildman–Crippen LogP) is -3.58. The summed E-state index contributed by atoms with van der Waals surface area (Å²) in [6.45, 7) is 6.62. The van der Waals surface area contributed by atoms with Crippen molar-refractivity contribution < 1.29 is 98.1 Å². The summed E-state index contributed by atoms with van der Waals surface area (Å²) in [6.07, 6.45) is -11.0. The maximum absolute atomic E-state index is 14.5. The lowest BCUT2D eigenvalue weighted by Crippen LogP contribution is -2.64. The van der Waals surface area contributed by atoms with E-state index in [0.29, 0.717) is 34.5 Å². The number of primary amides is 1. The van der Waals surface area contributed by atoms with Crippen LogP contribution in [0.5, 0.6) is 5.75 Å². The number of benzene rings is 1. The van der Waals surface area contributed by atoms with Gasteiger partial charge in [-0.2, -0.15) is 0 Å². The van der Waals surface area contributed by atoms with E-state index in [2.05, 4.69) is 46.6 Å². The van der Waals surface area contributed by atoms with E-state index < -0.39 is 178 Å². The molecule has 0 bridgehead atoms. The number of phosphoric acid groups is 1. The molecule has 0 saturated carbocycles. The lowest BCUT2D eigenvalue weighted by molar-refractivity contribution is -0.149. The Balaban J connectivity index is 1.71. The molecule has 1 aromatic rings. The molecule has 446 valence electrons. The Morgan fingerprint density at radius 3 is 1.95 bits per heavy atom. The minimum absolute atomic E-state index is 0.102. The summed E-state index contributed by atoms with van der Waals surface area (Å²) in [5.74, 6) is -9.12. The molecule has 3 aliphatic rings. The van der Waals surface area contributed by atoms with Crippen molar-refractivity contribution in [2.24, 2.45) is 17.6 Å². The number of aliphatic hydroxyl groups is 8. The van der Waals surface area contributed by atoms with Crippen LogP contribution in [0.2, 0.25) is 0 Å². The number of aliphatic hydroxyl groups excluding tert-OH is 8. The van der Waals surface area contributed by atoms with E-state index in [1.807, 2.05) is 5.32 Å². The summed E-state index contributed by atoms with van der Waals surface area (Å²) in [5.41, 5.74) is 5.05. The van der Waals surface area contributed by atoms with Gasteiger partial charge in [-0.1, -0.05) is 77.8 Å². The van der Waals surface area contributed by atoms with Crippen LogP contribution >= 0.6 is 7.82 Å². The molecule has 8 amide bonds. The molecular formula is C50H81N8O20P. The highest BCUT2D eigenvalue weighted by Gasteiger charge is 2.49. The molecule has 16 atom stereocenters. The number of carbonyl (C=O) groups excluding carboxylic acids is 8. The Hall–Kier alpha value is -5.39. The Labute approximate surface area is 457 Å². The minimum atomic E-state index is -5.07. The van der Waals surface area contributed by atoms with E-state index in [1.54, 1.807) is 0 Å². The van der Waals surface area contributed by atoms with Gasteiger partial charge < -0.3 is 87.5 Å². The Kier molecular flexibility index (Phi) is 25.5. The molecule has 79 heavy (non-hydrogen) atoms. The number of unbranched alkanes of at least 4 members (excludes halogenated alkanes) is 5. The fraction of sp³-hybridized carbons (Fsp3) is 0.720. The molecule has 28 nitrogen and oxygen atoms in total. The number of carbonyl (C=O) groups is 8. The number of phosphoric ester groups is 1. The van der Waals surface area contributed by atoms with Crippen LogP contribution < -0.4 is 36.8 Å². The highest BCUT2D eigenvalue weighted by molar-refractivity contribution is 7.46. The first-order valence-electron chi connectivity index (χ1n) is 26.7. The Morgan fingerprint density at radius 2 is 1.34 bits per heavy atom. The zero-order valence-corrected chi connectivity index (χ0v) is 45.7. The van der Waals surface area contributed by atoms with Crippen molar-refractivity contribution in [1.82, 2.24) is 36.4 Å². The number of hydrogen-bond donors (Lipinski definition) is 16. The van der Waals surface area contributed by atoms with Crippen LogP contribution in [0.25, 0.3) is 0 Å². The fourth-order valence-electron chi connectivity index (χ4n) is 9.99. The van der Waals surface area contributed by atoms with Gasteiger partial charge in [0, 0.05) is 32.4 Å². The summed E-state index contributed by atoms with van der Waals surface area (Å²) >= 11 is 0. The first kappa shape index (κ1) is 66.1. The number of nitrogens with one attached hydrogen (secondary N) is 5. The molecule has 29 heteroatoms. The molecule has 4 rings (SSSR count). The maximum Gasteiger partial charge on any atom is 0.524 e. The smallest absolute Gasteiger partial charge is 0.404 e. The normalized spacial score (nSPS) is 28.3. The topological polar surface area (TPSA) is 458 Å². The number of nitrogens with zero attached hydrogens (tertiary/aromatic N) is 2. The maximum atomic E-state index is 14.5. The molecule has 10 unspecified atom stereocenters. The van der Waals surface area contributed by atoms with E-state index >= 15 is 0 Å². The van der Waals surface area contributed by atoms with Gasteiger partial charge in [0.15, 0.2) is 6.23 Å². The third kappa shape index (κ3) is 19.7.